The van der Waals surface area contributed by atoms with Crippen molar-refractivity contribution in [2.75, 3.05) is 19.8 Å². The third kappa shape index (κ3) is 11.4. The first kappa shape index (κ1) is 33.5. The smallest absolute Gasteiger partial charge is 0.297 e. The van der Waals surface area contributed by atoms with Crippen LogP contribution in [-0.2, 0) is 6.54 Å². The van der Waals surface area contributed by atoms with Crippen LogP contribution in [0.2, 0.25) is 0 Å². The predicted molar refractivity (Wildman–Crippen MR) is 170 cm³/mol. The lowest BCUT2D eigenvalue weighted by Crippen LogP contribution is -2.24. The van der Waals surface area contributed by atoms with Gasteiger partial charge in [0.25, 0.3) is 5.56 Å². The second-order valence-electron chi connectivity index (χ2n) is 11.1. The van der Waals surface area contributed by atoms with Crippen molar-refractivity contribution in [3.05, 3.63) is 51.9 Å². The molecular weight excluding hydrogens is 498 g/mol. The minimum Gasteiger partial charge on any atom is -0.494 e. The molecule has 224 valence electrons. The number of aryl methyl sites for hydroxylation is 1. The Morgan fingerprint density at radius 3 is 2.15 bits per heavy atom. The average Bonchev–Trinajstić information content (AvgIpc) is 2.93. The van der Waals surface area contributed by atoms with Gasteiger partial charge in [0.15, 0.2) is 5.75 Å². The van der Waals surface area contributed by atoms with E-state index in [1.807, 2.05) is 22.8 Å². The van der Waals surface area contributed by atoms with Crippen LogP contribution >= 0.6 is 0 Å². The van der Waals surface area contributed by atoms with Gasteiger partial charge in [0, 0.05) is 18.0 Å². The molecule has 1 aromatic carbocycles. The predicted octanol–water partition coefficient (Wildman–Crippen LogP) is 9.79. The zero-order valence-corrected chi connectivity index (χ0v) is 26.3. The van der Waals surface area contributed by atoms with Crippen molar-refractivity contribution in [1.29, 1.82) is 0 Å². The summed E-state index contributed by atoms with van der Waals surface area (Å²) in [5, 5.41) is 0.899. The molecule has 0 aliphatic rings. The molecule has 0 bridgehead atoms. The molecule has 5 nitrogen and oxygen atoms in total. The molecule has 0 N–H and O–H groups in total. The number of benzene rings is 1. The highest BCUT2D eigenvalue weighted by atomic mass is 16.5. The zero-order chi connectivity index (χ0) is 29.2. The molecule has 0 aliphatic carbocycles. The minimum absolute atomic E-state index is 0.109. The van der Waals surface area contributed by atoms with E-state index in [4.69, 9.17) is 14.2 Å². The molecule has 1 heterocycles. The van der Waals surface area contributed by atoms with Crippen LogP contribution in [0.15, 0.2) is 46.3 Å². The SMILES string of the molecule is CCCCCCCCn1c(=O)c(OCCCC)c(OC/C=C(\C)CCC=C(C)C)c2ccc(OCCCC)cc21. The molecule has 1 aromatic heterocycles. The number of nitrogens with zero attached hydrogens (tertiary/aromatic N) is 1. The number of rotatable bonds is 21. The van der Waals surface area contributed by atoms with Crippen molar-refractivity contribution >= 4 is 10.9 Å². The van der Waals surface area contributed by atoms with Gasteiger partial charge in [-0.2, -0.15) is 0 Å². The van der Waals surface area contributed by atoms with Crippen LogP contribution in [-0.4, -0.2) is 24.4 Å². The molecule has 2 aromatic rings. The maximum Gasteiger partial charge on any atom is 0.297 e. The first-order valence-corrected chi connectivity index (χ1v) is 15.8. The standard InChI is InChI=1S/C35H55NO4/c1-7-10-13-14-15-16-23-36-32-27-30(38-24-11-8-2)20-21-31(32)33(34(35(36)37)39-25-12-9-3)40-26-22-29(6)19-17-18-28(4)5/h18,20-22,27H,7-17,19,23-26H2,1-6H3/b29-22+. The topological polar surface area (TPSA) is 49.7 Å². The number of pyridine rings is 1. The molecule has 0 atom stereocenters. The first-order chi connectivity index (χ1) is 19.4. The van der Waals surface area contributed by atoms with Gasteiger partial charge in [0.2, 0.25) is 5.75 Å². The van der Waals surface area contributed by atoms with Gasteiger partial charge in [-0.05, 0) is 71.1 Å². The van der Waals surface area contributed by atoms with Crippen molar-refractivity contribution in [2.45, 2.75) is 125 Å². The van der Waals surface area contributed by atoms with Crippen LogP contribution in [0, 0.1) is 0 Å². The van der Waals surface area contributed by atoms with Crippen LogP contribution in [0.4, 0.5) is 0 Å². The number of ether oxygens (including phenoxy) is 3. The fraction of sp³-hybridized carbons (Fsp3) is 0.629. The van der Waals surface area contributed by atoms with Crippen molar-refractivity contribution in [3.8, 4) is 17.2 Å². The lowest BCUT2D eigenvalue weighted by molar-refractivity contribution is 0.274. The van der Waals surface area contributed by atoms with E-state index in [0.717, 1.165) is 68.0 Å². The van der Waals surface area contributed by atoms with Crippen LogP contribution in [0.3, 0.4) is 0 Å². The molecular formula is C35H55NO4. The van der Waals surface area contributed by atoms with Crippen molar-refractivity contribution < 1.29 is 14.2 Å². The monoisotopic (exact) mass is 553 g/mol. The molecule has 0 saturated carbocycles. The van der Waals surface area contributed by atoms with Gasteiger partial charge in [0.05, 0.1) is 18.7 Å². The fourth-order valence-electron chi connectivity index (χ4n) is 4.62. The maximum absolute atomic E-state index is 13.9. The third-order valence-electron chi connectivity index (χ3n) is 7.15. The van der Waals surface area contributed by atoms with E-state index in [1.165, 1.54) is 36.8 Å². The van der Waals surface area contributed by atoms with Crippen molar-refractivity contribution in [1.82, 2.24) is 4.57 Å². The maximum atomic E-state index is 13.9. The summed E-state index contributed by atoms with van der Waals surface area (Å²) in [5.74, 6) is 1.67. The molecule has 0 saturated heterocycles. The van der Waals surface area contributed by atoms with Crippen LogP contribution in [0.5, 0.6) is 17.2 Å². The fourth-order valence-corrected chi connectivity index (χ4v) is 4.62. The number of hydrogen-bond acceptors (Lipinski definition) is 4. The van der Waals surface area contributed by atoms with E-state index in [2.05, 4.69) is 53.7 Å². The Bertz CT molecular complexity index is 1120. The summed E-state index contributed by atoms with van der Waals surface area (Å²) in [7, 11) is 0. The first-order valence-electron chi connectivity index (χ1n) is 15.8. The summed E-state index contributed by atoms with van der Waals surface area (Å²) in [6.45, 7) is 15.1. The Morgan fingerprint density at radius 1 is 0.775 bits per heavy atom. The second kappa shape index (κ2) is 19.4. The van der Waals surface area contributed by atoms with Gasteiger partial charge in [-0.15, -0.1) is 0 Å². The van der Waals surface area contributed by atoms with Crippen molar-refractivity contribution in [2.24, 2.45) is 0 Å². The Labute approximate surface area is 243 Å². The summed E-state index contributed by atoms with van der Waals surface area (Å²) >= 11 is 0. The Hall–Kier alpha value is -2.69. The second-order valence-corrected chi connectivity index (χ2v) is 11.1. The van der Waals surface area contributed by atoms with Crippen LogP contribution in [0.1, 0.15) is 119 Å². The molecule has 40 heavy (non-hydrogen) atoms. The Balaban J connectivity index is 2.44. The molecule has 0 unspecified atom stereocenters. The van der Waals surface area contributed by atoms with E-state index in [9.17, 15) is 4.79 Å². The van der Waals surface area contributed by atoms with E-state index in [1.54, 1.807) is 0 Å². The zero-order valence-electron chi connectivity index (χ0n) is 26.3. The van der Waals surface area contributed by atoms with Gasteiger partial charge in [-0.25, -0.2) is 0 Å². The third-order valence-corrected chi connectivity index (χ3v) is 7.15. The largest absolute Gasteiger partial charge is 0.494 e. The van der Waals surface area contributed by atoms with Gasteiger partial charge in [-0.1, -0.05) is 82.9 Å². The Morgan fingerprint density at radius 2 is 1.45 bits per heavy atom. The summed E-state index contributed by atoms with van der Waals surface area (Å²) in [6.07, 6.45) is 17.4. The number of unbranched alkanes of at least 4 members (excludes halogenated alkanes) is 7. The molecule has 0 fully saturated rings. The van der Waals surface area contributed by atoms with Gasteiger partial charge in [0.1, 0.15) is 12.4 Å². The number of hydrogen-bond donors (Lipinski definition) is 0. The summed E-state index contributed by atoms with van der Waals surface area (Å²) < 4.78 is 20.4. The van der Waals surface area contributed by atoms with Gasteiger partial charge < -0.3 is 18.8 Å². The molecule has 5 heteroatoms. The van der Waals surface area contributed by atoms with E-state index >= 15 is 0 Å². The lowest BCUT2D eigenvalue weighted by Gasteiger charge is -2.19. The van der Waals surface area contributed by atoms with Crippen molar-refractivity contribution in [3.63, 3.8) is 0 Å². The van der Waals surface area contributed by atoms with E-state index in [-0.39, 0.29) is 5.56 Å². The quantitative estimate of drug-likeness (QED) is 0.114. The van der Waals surface area contributed by atoms with Gasteiger partial charge in [-0.3, -0.25) is 4.79 Å². The normalized spacial score (nSPS) is 11.6. The highest BCUT2D eigenvalue weighted by molar-refractivity contribution is 5.89. The number of fused-ring (bicyclic) bond motifs is 1. The van der Waals surface area contributed by atoms with Gasteiger partial charge >= 0.3 is 0 Å². The van der Waals surface area contributed by atoms with Crippen LogP contribution < -0.4 is 19.8 Å². The summed E-state index contributed by atoms with van der Waals surface area (Å²) in [6, 6.07) is 6.02. The molecule has 0 aliphatic heterocycles. The number of allylic oxidation sites excluding steroid dienone is 3. The number of aromatic nitrogens is 1. The molecule has 0 spiro atoms. The van der Waals surface area contributed by atoms with E-state index in [0.29, 0.717) is 37.9 Å². The highest BCUT2D eigenvalue weighted by Crippen LogP contribution is 2.35. The minimum atomic E-state index is -0.109. The highest BCUT2D eigenvalue weighted by Gasteiger charge is 2.20. The van der Waals surface area contributed by atoms with Crippen LogP contribution in [0.25, 0.3) is 10.9 Å². The molecule has 2 rings (SSSR count). The van der Waals surface area contributed by atoms with E-state index < -0.39 is 0 Å². The molecule has 0 radical (unpaired) electrons. The average molecular weight is 554 g/mol. The Kier molecular flexibility index (Phi) is 16.3. The summed E-state index contributed by atoms with van der Waals surface area (Å²) in [5.41, 5.74) is 3.36. The summed E-state index contributed by atoms with van der Waals surface area (Å²) in [4.78, 5) is 13.9. The molecule has 0 amide bonds. The lowest BCUT2D eigenvalue weighted by atomic mass is 10.1.